The van der Waals surface area contributed by atoms with Crippen LogP contribution >= 0.6 is 0 Å². The molecule has 27 heavy (non-hydrogen) atoms. The molecule has 2 aromatic rings. The molecule has 0 saturated carbocycles. The maximum atomic E-state index is 12.5. The van der Waals surface area contributed by atoms with E-state index in [4.69, 9.17) is 13.9 Å². The summed E-state index contributed by atoms with van der Waals surface area (Å²) in [5.74, 6) is 0.0750. The van der Waals surface area contributed by atoms with Gasteiger partial charge in [-0.1, -0.05) is 0 Å². The Labute approximate surface area is 159 Å². The van der Waals surface area contributed by atoms with Crippen LogP contribution in [0.5, 0.6) is 5.75 Å². The molecule has 0 aliphatic carbocycles. The zero-order valence-electron chi connectivity index (χ0n) is 16.4. The SMILES string of the molecule is CCOc1ccc2oc(C(=O)OCC(=O)N3[C@@H](C)CCC[C@@H]3C)c(C)c2c1. The first kappa shape index (κ1) is 19.3. The molecule has 0 radical (unpaired) electrons. The van der Waals surface area contributed by atoms with E-state index in [0.717, 1.165) is 30.4 Å². The van der Waals surface area contributed by atoms with Gasteiger partial charge in [0.15, 0.2) is 6.61 Å². The van der Waals surface area contributed by atoms with E-state index in [9.17, 15) is 9.59 Å². The Hall–Kier alpha value is -2.50. The van der Waals surface area contributed by atoms with E-state index in [2.05, 4.69) is 0 Å². The van der Waals surface area contributed by atoms with Crippen LogP contribution in [0, 0.1) is 6.92 Å². The zero-order valence-corrected chi connectivity index (χ0v) is 16.4. The minimum atomic E-state index is -0.618. The second-order valence-corrected chi connectivity index (χ2v) is 7.15. The molecule has 1 aliphatic rings. The lowest BCUT2D eigenvalue weighted by molar-refractivity contribution is -0.140. The monoisotopic (exact) mass is 373 g/mol. The number of furan rings is 1. The average molecular weight is 373 g/mol. The Morgan fingerprint density at radius 2 is 1.93 bits per heavy atom. The number of benzene rings is 1. The number of carbonyl (C=O) groups excluding carboxylic acids is 2. The topological polar surface area (TPSA) is 69.0 Å². The number of carbonyl (C=O) groups is 2. The minimum Gasteiger partial charge on any atom is -0.494 e. The van der Waals surface area contributed by atoms with Crippen molar-refractivity contribution in [2.75, 3.05) is 13.2 Å². The van der Waals surface area contributed by atoms with Crippen LogP contribution in [0.4, 0.5) is 0 Å². The molecular formula is C21H27NO5. The largest absolute Gasteiger partial charge is 0.494 e. The molecule has 1 fully saturated rings. The van der Waals surface area contributed by atoms with Crippen LogP contribution in [0.25, 0.3) is 11.0 Å². The number of rotatable bonds is 5. The third-order valence-corrected chi connectivity index (χ3v) is 5.21. The molecule has 1 aromatic carbocycles. The predicted molar refractivity (Wildman–Crippen MR) is 102 cm³/mol. The smallest absolute Gasteiger partial charge is 0.375 e. The molecule has 2 atom stereocenters. The Bertz CT molecular complexity index is 830. The van der Waals surface area contributed by atoms with E-state index in [1.165, 1.54) is 0 Å². The first-order valence-corrected chi connectivity index (χ1v) is 9.56. The summed E-state index contributed by atoms with van der Waals surface area (Å²) >= 11 is 0. The molecule has 6 heteroatoms. The van der Waals surface area contributed by atoms with Gasteiger partial charge in [-0.2, -0.15) is 0 Å². The molecule has 3 rings (SSSR count). The van der Waals surface area contributed by atoms with Crippen molar-refractivity contribution in [2.24, 2.45) is 0 Å². The van der Waals surface area contributed by atoms with Crippen molar-refractivity contribution in [3.05, 3.63) is 29.5 Å². The van der Waals surface area contributed by atoms with Crippen molar-refractivity contribution in [3.63, 3.8) is 0 Å². The number of likely N-dealkylation sites (tertiary alicyclic amines) is 1. The van der Waals surface area contributed by atoms with Crippen molar-refractivity contribution >= 4 is 22.8 Å². The molecule has 1 saturated heterocycles. The molecule has 0 unspecified atom stereocenters. The Morgan fingerprint density at radius 1 is 1.22 bits per heavy atom. The first-order chi connectivity index (χ1) is 12.9. The number of amides is 1. The average Bonchev–Trinajstić information content (AvgIpc) is 2.96. The molecule has 6 nitrogen and oxygen atoms in total. The van der Waals surface area contributed by atoms with Crippen LogP contribution in [0.2, 0.25) is 0 Å². The van der Waals surface area contributed by atoms with E-state index in [0.29, 0.717) is 17.8 Å². The summed E-state index contributed by atoms with van der Waals surface area (Å²) in [6.07, 6.45) is 3.08. The number of nitrogens with zero attached hydrogens (tertiary/aromatic N) is 1. The summed E-state index contributed by atoms with van der Waals surface area (Å²) in [5, 5.41) is 0.803. The summed E-state index contributed by atoms with van der Waals surface area (Å²) in [4.78, 5) is 26.8. The molecule has 0 N–H and O–H groups in total. The lowest BCUT2D eigenvalue weighted by Gasteiger charge is -2.38. The molecule has 2 heterocycles. The molecule has 0 bridgehead atoms. The fourth-order valence-corrected chi connectivity index (χ4v) is 3.83. The van der Waals surface area contributed by atoms with Crippen LogP contribution in [0.3, 0.4) is 0 Å². The lowest BCUT2D eigenvalue weighted by atomic mass is 9.97. The normalized spacial score (nSPS) is 19.9. The number of hydrogen-bond acceptors (Lipinski definition) is 5. The van der Waals surface area contributed by atoms with Gasteiger partial charge < -0.3 is 18.8 Å². The number of ether oxygens (including phenoxy) is 2. The molecule has 0 spiro atoms. The van der Waals surface area contributed by atoms with Crippen LogP contribution in [-0.4, -0.2) is 42.1 Å². The number of esters is 1. The standard InChI is InChI=1S/C21H27NO5/c1-5-25-16-9-10-18-17(11-16)15(4)20(27-18)21(24)26-12-19(23)22-13(2)7-6-8-14(22)3/h9-11,13-14H,5-8,12H2,1-4H3/t13-,14-/m0/s1. The van der Waals surface area contributed by atoms with Crippen molar-refractivity contribution in [1.82, 2.24) is 4.90 Å². The van der Waals surface area contributed by atoms with Gasteiger partial charge in [0.05, 0.1) is 6.61 Å². The molecule has 1 aromatic heterocycles. The minimum absolute atomic E-state index is 0.131. The molecule has 1 aliphatic heterocycles. The number of piperidine rings is 1. The fourth-order valence-electron chi connectivity index (χ4n) is 3.83. The van der Waals surface area contributed by atoms with E-state index in [-0.39, 0.29) is 30.4 Å². The fraction of sp³-hybridized carbons (Fsp3) is 0.524. The van der Waals surface area contributed by atoms with Crippen LogP contribution < -0.4 is 4.74 Å². The quantitative estimate of drug-likeness (QED) is 0.739. The van der Waals surface area contributed by atoms with Gasteiger partial charge in [0.25, 0.3) is 5.91 Å². The van der Waals surface area contributed by atoms with Crippen LogP contribution in [0.15, 0.2) is 22.6 Å². The van der Waals surface area contributed by atoms with E-state index < -0.39 is 5.97 Å². The second-order valence-electron chi connectivity index (χ2n) is 7.15. The highest BCUT2D eigenvalue weighted by Crippen LogP contribution is 2.29. The lowest BCUT2D eigenvalue weighted by Crippen LogP contribution is -2.49. The van der Waals surface area contributed by atoms with Gasteiger partial charge in [-0.05, 0) is 65.2 Å². The van der Waals surface area contributed by atoms with Gasteiger partial charge in [-0.25, -0.2) is 4.79 Å². The molecule has 146 valence electrons. The van der Waals surface area contributed by atoms with Crippen LogP contribution in [-0.2, 0) is 9.53 Å². The molecule has 1 amide bonds. The second kappa shape index (κ2) is 8.03. The van der Waals surface area contributed by atoms with Crippen LogP contribution in [0.1, 0.15) is 56.2 Å². The highest BCUT2D eigenvalue weighted by Gasteiger charge is 2.30. The van der Waals surface area contributed by atoms with Crippen molar-refractivity contribution < 1.29 is 23.5 Å². The third kappa shape index (κ3) is 3.94. The highest BCUT2D eigenvalue weighted by atomic mass is 16.5. The van der Waals surface area contributed by atoms with Gasteiger partial charge >= 0.3 is 5.97 Å². The number of hydrogen-bond donors (Lipinski definition) is 0. The predicted octanol–water partition coefficient (Wildman–Crippen LogP) is 4.09. The Kier molecular flexibility index (Phi) is 5.73. The number of fused-ring (bicyclic) bond motifs is 1. The summed E-state index contributed by atoms with van der Waals surface area (Å²) in [6, 6.07) is 5.75. The maximum absolute atomic E-state index is 12.5. The van der Waals surface area contributed by atoms with E-state index in [1.54, 1.807) is 19.1 Å². The summed E-state index contributed by atoms with van der Waals surface area (Å²) in [7, 11) is 0. The third-order valence-electron chi connectivity index (χ3n) is 5.21. The summed E-state index contributed by atoms with van der Waals surface area (Å²) < 4.78 is 16.4. The van der Waals surface area contributed by atoms with Crippen molar-refractivity contribution in [3.8, 4) is 5.75 Å². The maximum Gasteiger partial charge on any atom is 0.375 e. The van der Waals surface area contributed by atoms with Crippen molar-refractivity contribution in [1.29, 1.82) is 0 Å². The van der Waals surface area contributed by atoms with Gasteiger partial charge in [-0.3, -0.25) is 4.79 Å². The first-order valence-electron chi connectivity index (χ1n) is 9.56. The Balaban J connectivity index is 1.70. The molecular weight excluding hydrogens is 346 g/mol. The van der Waals surface area contributed by atoms with E-state index in [1.807, 2.05) is 31.7 Å². The summed E-state index contributed by atoms with van der Waals surface area (Å²) in [5.41, 5.74) is 1.27. The van der Waals surface area contributed by atoms with E-state index >= 15 is 0 Å². The van der Waals surface area contributed by atoms with Gasteiger partial charge in [0, 0.05) is 23.0 Å². The zero-order chi connectivity index (χ0) is 19.6. The summed E-state index contributed by atoms with van der Waals surface area (Å²) in [6.45, 7) is 8.08. The Morgan fingerprint density at radius 3 is 2.59 bits per heavy atom. The highest BCUT2D eigenvalue weighted by molar-refractivity contribution is 5.97. The van der Waals surface area contributed by atoms with Gasteiger partial charge in [-0.15, -0.1) is 0 Å². The van der Waals surface area contributed by atoms with Gasteiger partial charge in [0.2, 0.25) is 5.76 Å². The van der Waals surface area contributed by atoms with Gasteiger partial charge in [0.1, 0.15) is 11.3 Å². The number of aryl methyl sites for hydroxylation is 1. The van der Waals surface area contributed by atoms with Crippen molar-refractivity contribution in [2.45, 2.75) is 59.0 Å².